The molecular formula is C12H20N4O2S. The Morgan fingerprint density at radius 1 is 1.32 bits per heavy atom. The van der Waals surface area contributed by atoms with Crippen molar-refractivity contribution in [1.82, 2.24) is 4.72 Å². The monoisotopic (exact) mass is 284 g/mol. The third-order valence-corrected chi connectivity index (χ3v) is 3.03. The van der Waals surface area contributed by atoms with Crippen LogP contribution in [-0.2, 0) is 10.0 Å². The first-order chi connectivity index (χ1) is 8.87. The van der Waals surface area contributed by atoms with E-state index in [2.05, 4.69) is 15.0 Å². The predicted molar refractivity (Wildman–Crippen MR) is 78.8 cm³/mol. The molecule has 1 rings (SSSR count). The lowest BCUT2D eigenvalue weighted by molar-refractivity contribution is 0.586. The fraction of sp³-hybridized carbons (Fsp3) is 0.417. The molecule has 6 nitrogen and oxygen atoms in total. The molecule has 0 bridgehead atoms. The summed E-state index contributed by atoms with van der Waals surface area (Å²) in [5.41, 5.74) is 7.76. The number of rotatable bonds is 6. The molecule has 0 heterocycles. The fourth-order valence-corrected chi connectivity index (χ4v) is 1.88. The van der Waals surface area contributed by atoms with Crippen LogP contribution in [0.25, 0.3) is 0 Å². The van der Waals surface area contributed by atoms with Gasteiger partial charge >= 0.3 is 0 Å². The zero-order valence-corrected chi connectivity index (χ0v) is 12.0. The summed E-state index contributed by atoms with van der Waals surface area (Å²) < 4.78 is 24.0. The molecule has 1 aromatic rings. The van der Waals surface area contributed by atoms with Crippen LogP contribution in [0.15, 0.2) is 29.3 Å². The van der Waals surface area contributed by atoms with Gasteiger partial charge in [-0.05, 0) is 25.5 Å². The summed E-state index contributed by atoms with van der Waals surface area (Å²) in [6.07, 6.45) is 1.73. The van der Waals surface area contributed by atoms with Crippen LogP contribution in [0.2, 0.25) is 0 Å². The van der Waals surface area contributed by atoms with Crippen LogP contribution in [0.3, 0.4) is 0 Å². The molecule has 0 amide bonds. The summed E-state index contributed by atoms with van der Waals surface area (Å²) >= 11 is 0. The van der Waals surface area contributed by atoms with E-state index in [1.165, 1.54) is 5.56 Å². The number of sulfonamides is 1. The number of aryl methyl sites for hydroxylation is 1. The van der Waals surface area contributed by atoms with E-state index in [0.29, 0.717) is 25.5 Å². The first-order valence-corrected chi connectivity index (χ1v) is 7.84. The summed E-state index contributed by atoms with van der Waals surface area (Å²) in [6.45, 7) is 2.84. The van der Waals surface area contributed by atoms with Crippen molar-refractivity contribution in [1.29, 1.82) is 0 Å². The number of anilines is 1. The number of benzene rings is 1. The highest BCUT2D eigenvalue weighted by molar-refractivity contribution is 7.88. The highest BCUT2D eigenvalue weighted by atomic mass is 32.2. The summed E-state index contributed by atoms with van der Waals surface area (Å²) in [5.74, 6) is 0.322. The van der Waals surface area contributed by atoms with Crippen LogP contribution in [0, 0.1) is 6.92 Å². The molecule has 0 radical (unpaired) electrons. The lowest BCUT2D eigenvalue weighted by Gasteiger charge is -2.06. The molecule has 0 unspecified atom stereocenters. The highest BCUT2D eigenvalue weighted by Crippen LogP contribution is 2.07. The molecule has 4 N–H and O–H groups in total. The van der Waals surface area contributed by atoms with Crippen molar-refractivity contribution >= 4 is 21.7 Å². The Morgan fingerprint density at radius 3 is 2.53 bits per heavy atom. The highest BCUT2D eigenvalue weighted by Gasteiger charge is 1.98. The Morgan fingerprint density at radius 2 is 1.95 bits per heavy atom. The van der Waals surface area contributed by atoms with Gasteiger partial charge in [0.2, 0.25) is 10.0 Å². The standard InChI is InChI=1S/C12H20N4O2S/c1-10-4-6-11(7-5-10)16-12(13)14-8-3-9-15-19(2,17)18/h4-7,15H,3,8-9H2,1-2H3,(H3,13,14,16). The molecule has 0 aromatic heterocycles. The minimum Gasteiger partial charge on any atom is -0.370 e. The van der Waals surface area contributed by atoms with Crippen LogP contribution >= 0.6 is 0 Å². The second-order valence-electron chi connectivity index (χ2n) is 4.28. The van der Waals surface area contributed by atoms with E-state index in [1.54, 1.807) is 0 Å². The van der Waals surface area contributed by atoms with E-state index in [-0.39, 0.29) is 0 Å². The number of aliphatic imine (C=N–C) groups is 1. The van der Waals surface area contributed by atoms with Crippen LogP contribution in [0.5, 0.6) is 0 Å². The average molecular weight is 284 g/mol. The molecule has 0 aliphatic heterocycles. The van der Waals surface area contributed by atoms with Gasteiger partial charge in [-0.25, -0.2) is 13.1 Å². The van der Waals surface area contributed by atoms with Crippen LogP contribution in [-0.4, -0.2) is 33.7 Å². The Labute approximate surface area is 114 Å². The van der Waals surface area contributed by atoms with E-state index < -0.39 is 10.0 Å². The van der Waals surface area contributed by atoms with Gasteiger partial charge in [0, 0.05) is 18.8 Å². The minimum atomic E-state index is -3.12. The van der Waals surface area contributed by atoms with E-state index in [4.69, 9.17) is 5.73 Å². The number of hydrogen-bond donors (Lipinski definition) is 3. The quantitative estimate of drug-likeness (QED) is 0.406. The topological polar surface area (TPSA) is 96.6 Å². The number of guanidine groups is 1. The second-order valence-corrected chi connectivity index (χ2v) is 6.11. The van der Waals surface area contributed by atoms with E-state index in [9.17, 15) is 8.42 Å². The molecule has 0 fully saturated rings. The predicted octanol–water partition coefficient (Wildman–Crippen LogP) is 0.661. The fourth-order valence-electron chi connectivity index (χ4n) is 1.36. The third kappa shape index (κ3) is 7.43. The van der Waals surface area contributed by atoms with Crippen molar-refractivity contribution in [3.63, 3.8) is 0 Å². The molecule has 0 spiro atoms. The van der Waals surface area contributed by atoms with Crippen LogP contribution in [0.4, 0.5) is 5.69 Å². The molecule has 0 aliphatic rings. The van der Waals surface area contributed by atoms with Gasteiger partial charge in [0.1, 0.15) is 0 Å². The van der Waals surface area contributed by atoms with Crippen molar-refractivity contribution < 1.29 is 8.42 Å². The molecule has 0 atom stereocenters. The SMILES string of the molecule is Cc1ccc(NC(N)=NCCCNS(C)(=O)=O)cc1. The number of nitrogens with zero attached hydrogens (tertiary/aromatic N) is 1. The number of nitrogens with two attached hydrogens (primary N) is 1. The van der Waals surface area contributed by atoms with Gasteiger partial charge in [0.25, 0.3) is 0 Å². The van der Waals surface area contributed by atoms with Gasteiger partial charge < -0.3 is 11.1 Å². The Hall–Kier alpha value is -1.60. The average Bonchev–Trinajstić information content (AvgIpc) is 2.30. The first-order valence-electron chi connectivity index (χ1n) is 5.95. The van der Waals surface area contributed by atoms with Crippen LogP contribution < -0.4 is 15.8 Å². The molecular weight excluding hydrogens is 264 g/mol. The van der Waals surface area contributed by atoms with Gasteiger partial charge in [-0.1, -0.05) is 17.7 Å². The summed E-state index contributed by atoms with van der Waals surface area (Å²) in [6, 6.07) is 7.79. The molecule has 0 saturated heterocycles. The number of nitrogens with one attached hydrogen (secondary N) is 2. The maximum Gasteiger partial charge on any atom is 0.208 e. The lowest BCUT2D eigenvalue weighted by atomic mass is 10.2. The van der Waals surface area contributed by atoms with Gasteiger partial charge in [0.15, 0.2) is 5.96 Å². The molecule has 0 aliphatic carbocycles. The van der Waals surface area contributed by atoms with Gasteiger partial charge in [-0.3, -0.25) is 4.99 Å². The van der Waals surface area contributed by atoms with E-state index in [0.717, 1.165) is 11.9 Å². The Kier molecular flexibility index (Phi) is 5.78. The smallest absolute Gasteiger partial charge is 0.208 e. The van der Waals surface area contributed by atoms with Crippen molar-refractivity contribution in [2.24, 2.45) is 10.7 Å². The molecule has 0 saturated carbocycles. The Bertz CT molecular complexity index is 523. The molecule has 1 aromatic carbocycles. The van der Waals surface area contributed by atoms with Crippen molar-refractivity contribution in [2.75, 3.05) is 24.7 Å². The van der Waals surface area contributed by atoms with Gasteiger partial charge in [0.05, 0.1) is 6.26 Å². The summed E-state index contributed by atoms with van der Waals surface area (Å²) in [4.78, 5) is 4.11. The molecule has 106 valence electrons. The van der Waals surface area contributed by atoms with E-state index in [1.807, 2.05) is 31.2 Å². The van der Waals surface area contributed by atoms with Gasteiger partial charge in [-0.2, -0.15) is 0 Å². The molecule has 7 heteroatoms. The van der Waals surface area contributed by atoms with Gasteiger partial charge in [-0.15, -0.1) is 0 Å². The minimum absolute atomic E-state index is 0.322. The second kappa shape index (κ2) is 7.10. The zero-order chi connectivity index (χ0) is 14.3. The van der Waals surface area contributed by atoms with Crippen molar-refractivity contribution in [2.45, 2.75) is 13.3 Å². The van der Waals surface area contributed by atoms with Crippen molar-refractivity contribution in [3.05, 3.63) is 29.8 Å². The lowest BCUT2D eigenvalue weighted by Crippen LogP contribution is -2.25. The maximum atomic E-state index is 10.8. The van der Waals surface area contributed by atoms with Crippen LogP contribution in [0.1, 0.15) is 12.0 Å². The number of hydrogen-bond acceptors (Lipinski definition) is 3. The zero-order valence-electron chi connectivity index (χ0n) is 11.2. The first kappa shape index (κ1) is 15.5. The largest absolute Gasteiger partial charge is 0.370 e. The normalized spacial score (nSPS) is 12.4. The maximum absolute atomic E-state index is 10.8. The summed E-state index contributed by atoms with van der Waals surface area (Å²) in [5, 5.41) is 2.97. The summed E-state index contributed by atoms with van der Waals surface area (Å²) in [7, 11) is -3.12. The third-order valence-electron chi connectivity index (χ3n) is 2.31. The Balaban J connectivity index is 2.31. The van der Waals surface area contributed by atoms with Crippen molar-refractivity contribution in [3.8, 4) is 0 Å². The van der Waals surface area contributed by atoms with E-state index >= 15 is 0 Å². The molecule has 19 heavy (non-hydrogen) atoms.